The minimum absolute atomic E-state index is 0.188. The van der Waals surface area contributed by atoms with Crippen molar-refractivity contribution in [1.29, 1.82) is 0 Å². The molecule has 14 heavy (non-hydrogen) atoms. The van der Waals surface area contributed by atoms with Crippen LogP contribution in [-0.2, 0) is 4.79 Å². The molecular weight excluding hydrogens is 180 g/mol. The van der Waals surface area contributed by atoms with Crippen LogP contribution in [0.3, 0.4) is 0 Å². The van der Waals surface area contributed by atoms with Crippen molar-refractivity contribution < 1.29 is 9.90 Å². The lowest BCUT2D eigenvalue weighted by Gasteiger charge is -2.33. The smallest absolute Gasteiger partial charge is 0.236 e. The Balaban J connectivity index is 1.80. The van der Waals surface area contributed by atoms with Crippen molar-refractivity contribution in [3.63, 3.8) is 0 Å². The summed E-state index contributed by atoms with van der Waals surface area (Å²) in [7, 11) is 0. The van der Waals surface area contributed by atoms with Crippen LogP contribution in [0.5, 0.6) is 0 Å². The summed E-state index contributed by atoms with van der Waals surface area (Å²) in [5.74, 6) is 0.233. The summed E-state index contributed by atoms with van der Waals surface area (Å²) < 4.78 is 0. The molecule has 2 saturated heterocycles. The lowest BCUT2D eigenvalue weighted by Crippen LogP contribution is -2.48. The maximum Gasteiger partial charge on any atom is 0.236 e. The highest BCUT2D eigenvalue weighted by molar-refractivity contribution is 5.79. The van der Waals surface area contributed by atoms with Gasteiger partial charge in [0.05, 0.1) is 13.2 Å². The second-order valence-electron chi connectivity index (χ2n) is 4.18. The Kier molecular flexibility index (Phi) is 3.03. The van der Waals surface area contributed by atoms with Crippen molar-refractivity contribution in [1.82, 2.24) is 9.80 Å². The van der Waals surface area contributed by atoms with Gasteiger partial charge in [-0.15, -0.1) is 0 Å². The SMILES string of the molecule is O=C(CN1CCC[C@@H]1CO)N1CCC1. The standard InChI is InChI=1S/C10H18N2O2/c13-8-9-3-1-4-12(9)7-10(14)11-5-2-6-11/h9,13H,1-8H2/t9-/m1/s1. The summed E-state index contributed by atoms with van der Waals surface area (Å²) in [5.41, 5.74) is 0. The number of carbonyl (C=O) groups is 1. The van der Waals surface area contributed by atoms with E-state index in [0.29, 0.717) is 6.54 Å². The highest BCUT2D eigenvalue weighted by Gasteiger charge is 2.28. The zero-order valence-corrected chi connectivity index (χ0v) is 8.48. The average molecular weight is 198 g/mol. The first kappa shape index (κ1) is 9.93. The molecule has 1 atom stereocenters. The summed E-state index contributed by atoms with van der Waals surface area (Å²) in [4.78, 5) is 15.7. The number of rotatable bonds is 3. The zero-order valence-electron chi connectivity index (χ0n) is 8.48. The Labute approximate surface area is 84.5 Å². The van der Waals surface area contributed by atoms with Gasteiger partial charge in [0.2, 0.25) is 5.91 Å². The van der Waals surface area contributed by atoms with Gasteiger partial charge in [0.25, 0.3) is 0 Å². The van der Waals surface area contributed by atoms with E-state index in [-0.39, 0.29) is 18.6 Å². The number of carbonyl (C=O) groups excluding carboxylic acids is 1. The van der Waals surface area contributed by atoms with E-state index in [2.05, 4.69) is 4.90 Å². The maximum atomic E-state index is 11.6. The van der Waals surface area contributed by atoms with E-state index in [4.69, 9.17) is 5.11 Å². The van der Waals surface area contributed by atoms with Gasteiger partial charge in [-0.05, 0) is 25.8 Å². The van der Waals surface area contributed by atoms with Crippen molar-refractivity contribution >= 4 is 5.91 Å². The number of likely N-dealkylation sites (tertiary alicyclic amines) is 2. The molecule has 1 N–H and O–H groups in total. The highest BCUT2D eigenvalue weighted by Crippen LogP contribution is 2.17. The average Bonchev–Trinajstić information content (AvgIpc) is 2.48. The van der Waals surface area contributed by atoms with Gasteiger partial charge in [0, 0.05) is 19.1 Å². The highest BCUT2D eigenvalue weighted by atomic mass is 16.3. The van der Waals surface area contributed by atoms with Gasteiger partial charge in [0.15, 0.2) is 0 Å². The molecule has 4 nitrogen and oxygen atoms in total. The molecule has 0 aromatic heterocycles. The van der Waals surface area contributed by atoms with Gasteiger partial charge in [0.1, 0.15) is 0 Å². The molecule has 0 unspecified atom stereocenters. The predicted octanol–water partition coefficient (Wildman–Crippen LogP) is -0.325. The summed E-state index contributed by atoms with van der Waals surface area (Å²) in [5, 5.41) is 9.09. The topological polar surface area (TPSA) is 43.8 Å². The number of nitrogens with zero attached hydrogens (tertiary/aromatic N) is 2. The lowest BCUT2D eigenvalue weighted by atomic mass is 10.2. The van der Waals surface area contributed by atoms with Crippen LogP contribution < -0.4 is 0 Å². The van der Waals surface area contributed by atoms with Crippen LogP contribution in [0, 0.1) is 0 Å². The summed E-state index contributed by atoms with van der Waals surface area (Å²) in [6, 6.07) is 0.222. The first-order valence-corrected chi connectivity index (χ1v) is 5.44. The van der Waals surface area contributed by atoms with E-state index < -0.39 is 0 Å². The van der Waals surface area contributed by atoms with Crippen LogP contribution >= 0.6 is 0 Å². The van der Waals surface area contributed by atoms with Gasteiger partial charge < -0.3 is 10.0 Å². The number of hydrogen-bond donors (Lipinski definition) is 1. The molecule has 2 rings (SSSR count). The molecule has 0 radical (unpaired) electrons. The molecular formula is C10H18N2O2. The number of amides is 1. The van der Waals surface area contributed by atoms with Crippen LogP contribution in [0.25, 0.3) is 0 Å². The molecule has 4 heteroatoms. The van der Waals surface area contributed by atoms with Crippen LogP contribution in [0.2, 0.25) is 0 Å². The van der Waals surface area contributed by atoms with Crippen molar-refractivity contribution in [2.75, 3.05) is 32.8 Å². The predicted molar refractivity (Wildman–Crippen MR) is 52.9 cm³/mol. The van der Waals surface area contributed by atoms with E-state index in [1.807, 2.05) is 4.90 Å². The second-order valence-corrected chi connectivity index (χ2v) is 4.18. The molecule has 2 fully saturated rings. The molecule has 2 aliphatic heterocycles. The monoisotopic (exact) mass is 198 g/mol. The fourth-order valence-electron chi connectivity index (χ4n) is 2.15. The molecule has 0 bridgehead atoms. The van der Waals surface area contributed by atoms with Gasteiger partial charge >= 0.3 is 0 Å². The van der Waals surface area contributed by atoms with Crippen LogP contribution in [-0.4, -0.2) is 59.6 Å². The third-order valence-electron chi connectivity index (χ3n) is 3.26. The summed E-state index contributed by atoms with van der Waals surface area (Å²) in [6.45, 7) is 3.51. The summed E-state index contributed by atoms with van der Waals surface area (Å²) in [6.07, 6.45) is 3.29. The van der Waals surface area contributed by atoms with E-state index in [1.165, 1.54) is 0 Å². The number of aliphatic hydroxyl groups excluding tert-OH is 1. The van der Waals surface area contributed by atoms with E-state index in [1.54, 1.807) is 0 Å². The first-order chi connectivity index (χ1) is 6.81. The Bertz CT molecular complexity index is 216. The Hall–Kier alpha value is -0.610. The van der Waals surface area contributed by atoms with Gasteiger partial charge in [-0.25, -0.2) is 0 Å². The number of aliphatic hydroxyl groups is 1. The molecule has 0 spiro atoms. The Morgan fingerprint density at radius 2 is 2.07 bits per heavy atom. The largest absolute Gasteiger partial charge is 0.395 e. The van der Waals surface area contributed by atoms with Gasteiger partial charge in [-0.3, -0.25) is 9.69 Å². The quantitative estimate of drug-likeness (QED) is 0.675. The van der Waals surface area contributed by atoms with Crippen LogP contribution in [0.15, 0.2) is 0 Å². The van der Waals surface area contributed by atoms with E-state index in [9.17, 15) is 4.79 Å². The molecule has 1 amide bonds. The lowest BCUT2D eigenvalue weighted by molar-refractivity contribution is -0.136. The fraction of sp³-hybridized carbons (Fsp3) is 0.900. The van der Waals surface area contributed by atoms with Crippen LogP contribution in [0.1, 0.15) is 19.3 Å². The molecule has 0 aromatic rings. The zero-order chi connectivity index (χ0) is 9.97. The molecule has 0 saturated carbocycles. The second kappa shape index (κ2) is 4.28. The van der Waals surface area contributed by atoms with E-state index in [0.717, 1.165) is 38.9 Å². The van der Waals surface area contributed by atoms with Crippen molar-refractivity contribution in [2.45, 2.75) is 25.3 Å². The first-order valence-electron chi connectivity index (χ1n) is 5.44. The van der Waals surface area contributed by atoms with Gasteiger partial charge in [-0.2, -0.15) is 0 Å². The van der Waals surface area contributed by atoms with Gasteiger partial charge in [-0.1, -0.05) is 0 Å². The molecule has 2 aliphatic rings. The normalized spacial score (nSPS) is 27.8. The molecule has 0 aliphatic carbocycles. The van der Waals surface area contributed by atoms with Crippen molar-refractivity contribution in [3.8, 4) is 0 Å². The molecule has 80 valence electrons. The van der Waals surface area contributed by atoms with E-state index >= 15 is 0 Å². The summed E-state index contributed by atoms with van der Waals surface area (Å²) >= 11 is 0. The van der Waals surface area contributed by atoms with Crippen LogP contribution in [0.4, 0.5) is 0 Å². The maximum absolute atomic E-state index is 11.6. The Morgan fingerprint density at radius 1 is 1.29 bits per heavy atom. The minimum Gasteiger partial charge on any atom is -0.395 e. The third-order valence-corrected chi connectivity index (χ3v) is 3.26. The minimum atomic E-state index is 0.188. The Morgan fingerprint density at radius 3 is 2.64 bits per heavy atom. The molecule has 2 heterocycles. The van der Waals surface area contributed by atoms with Crippen molar-refractivity contribution in [3.05, 3.63) is 0 Å². The fourth-order valence-corrected chi connectivity index (χ4v) is 2.15. The third kappa shape index (κ3) is 1.91. The molecule has 0 aromatic carbocycles. The number of hydrogen-bond acceptors (Lipinski definition) is 3. The van der Waals surface area contributed by atoms with Crippen molar-refractivity contribution in [2.24, 2.45) is 0 Å².